The molecule has 1 N–H and O–H groups in total. The van der Waals surface area contributed by atoms with Crippen LogP contribution in [0.4, 0.5) is 0 Å². The second kappa shape index (κ2) is 5.57. The van der Waals surface area contributed by atoms with Crippen LogP contribution in [0, 0.1) is 11.3 Å². The molecule has 0 radical (unpaired) electrons. The molecule has 0 saturated carbocycles. The fourth-order valence-electron chi connectivity index (χ4n) is 1.89. The molecule has 3 rings (SSSR count). The quantitative estimate of drug-likeness (QED) is 0.697. The Morgan fingerprint density at radius 2 is 2.00 bits per heavy atom. The number of aromatic hydroxyl groups is 1. The van der Waals surface area contributed by atoms with Gasteiger partial charge in [-0.25, -0.2) is 4.98 Å². The van der Waals surface area contributed by atoms with Crippen molar-refractivity contribution < 1.29 is 5.11 Å². The van der Waals surface area contributed by atoms with Crippen LogP contribution in [0.3, 0.4) is 0 Å². The van der Waals surface area contributed by atoms with Crippen LogP contribution >= 0.6 is 22.9 Å². The van der Waals surface area contributed by atoms with Crippen LogP contribution in [0.25, 0.3) is 21.9 Å². The number of nitriles is 1. The summed E-state index contributed by atoms with van der Waals surface area (Å²) in [5.74, 6) is 0.195. The third kappa shape index (κ3) is 2.89. The van der Waals surface area contributed by atoms with Crippen LogP contribution in [0.1, 0.15) is 10.6 Å². The highest BCUT2D eigenvalue weighted by atomic mass is 35.5. The van der Waals surface area contributed by atoms with E-state index in [-0.39, 0.29) is 5.75 Å². The highest BCUT2D eigenvalue weighted by Crippen LogP contribution is 2.29. The van der Waals surface area contributed by atoms with Crippen molar-refractivity contribution in [1.29, 1.82) is 5.26 Å². The number of phenolic OH excluding ortho intramolecular Hbond substituents is 1. The van der Waals surface area contributed by atoms with Crippen molar-refractivity contribution in [3.05, 3.63) is 58.1 Å². The van der Waals surface area contributed by atoms with Gasteiger partial charge in [0.1, 0.15) is 16.8 Å². The number of phenols is 1. The van der Waals surface area contributed by atoms with Gasteiger partial charge in [-0.3, -0.25) is 0 Å². The minimum Gasteiger partial charge on any atom is -0.508 e. The molecule has 2 aromatic carbocycles. The molecule has 3 nitrogen and oxygen atoms in total. The molecule has 0 aliphatic carbocycles. The average molecular weight is 313 g/mol. The van der Waals surface area contributed by atoms with Crippen LogP contribution in [0.5, 0.6) is 5.75 Å². The SMILES string of the molecule is N#CC(=Cc1ccc(O)cc1)c1nc2cc(Cl)ccc2s1. The second-order valence-corrected chi connectivity index (χ2v) is 5.86. The molecule has 0 spiro atoms. The number of fused-ring (bicyclic) bond motifs is 1. The molecule has 0 atom stereocenters. The van der Waals surface area contributed by atoms with E-state index in [1.54, 1.807) is 36.4 Å². The van der Waals surface area contributed by atoms with E-state index in [1.807, 2.05) is 12.1 Å². The van der Waals surface area contributed by atoms with E-state index in [0.29, 0.717) is 15.6 Å². The Kier molecular flexibility index (Phi) is 3.61. The number of aromatic nitrogens is 1. The van der Waals surface area contributed by atoms with Crippen molar-refractivity contribution in [2.24, 2.45) is 0 Å². The van der Waals surface area contributed by atoms with E-state index in [1.165, 1.54) is 11.3 Å². The largest absolute Gasteiger partial charge is 0.508 e. The molecule has 5 heteroatoms. The molecule has 0 saturated heterocycles. The topological polar surface area (TPSA) is 56.9 Å². The first-order valence-electron chi connectivity index (χ1n) is 6.13. The van der Waals surface area contributed by atoms with E-state index < -0.39 is 0 Å². The van der Waals surface area contributed by atoms with Crippen molar-refractivity contribution in [2.75, 3.05) is 0 Å². The van der Waals surface area contributed by atoms with Crippen LogP contribution in [-0.4, -0.2) is 10.1 Å². The number of hydrogen-bond donors (Lipinski definition) is 1. The molecule has 0 bridgehead atoms. The van der Waals surface area contributed by atoms with Gasteiger partial charge >= 0.3 is 0 Å². The first-order chi connectivity index (χ1) is 10.2. The molecule has 21 heavy (non-hydrogen) atoms. The van der Waals surface area contributed by atoms with Gasteiger partial charge in [0.05, 0.1) is 15.8 Å². The zero-order valence-electron chi connectivity index (χ0n) is 10.7. The Balaban J connectivity index is 2.05. The average Bonchev–Trinajstić information content (AvgIpc) is 2.89. The molecule has 0 amide bonds. The number of allylic oxidation sites excluding steroid dienone is 1. The first kappa shape index (κ1) is 13.6. The first-order valence-corrected chi connectivity index (χ1v) is 7.32. The predicted octanol–water partition coefficient (Wildman–Crippen LogP) is 4.72. The molecule has 1 heterocycles. The van der Waals surface area contributed by atoms with Gasteiger partial charge in [0.15, 0.2) is 0 Å². The number of thiazole rings is 1. The van der Waals surface area contributed by atoms with Gasteiger partial charge in [-0.1, -0.05) is 23.7 Å². The van der Waals surface area contributed by atoms with Gasteiger partial charge in [0.2, 0.25) is 0 Å². The van der Waals surface area contributed by atoms with Crippen LogP contribution in [0.2, 0.25) is 5.02 Å². The third-order valence-electron chi connectivity index (χ3n) is 2.90. The monoisotopic (exact) mass is 312 g/mol. The van der Waals surface area contributed by atoms with Crippen LogP contribution < -0.4 is 0 Å². The number of halogens is 1. The van der Waals surface area contributed by atoms with Gasteiger partial charge in [0.25, 0.3) is 0 Å². The molecule has 0 unspecified atom stereocenters. The Hall–Kier alpha value is -2.35. The Morgan fingerprint density at radius 3 is 2.71 bits per heavy atom. The fraction of sp³-hybridized carbons (Fsp3) is 0. The number of rotatable bonds is 2. The molecule has 102 valence electrons. The lowest BCUT2D eigenvalue weighted by molar-refractivity contribution is 0.475. The maximum atomic E-state index is 9.35. The van der Waals surface area contributed by atoms with Crippen molar-refractivity contribution >= 4 is 44.8 Å². The van der Waals surface area contributed by atoms with Crippen LogP contribution in [-0.2, 0) is 0 Å². The number of nitrogens with zero attached hydrogens (tertiary/aromatic N) is 2. The van der Waals surface area contributed by atoms with Gasteiger partial charge in [0, 0.05) is 5.02 Å². The zero-order chi connectivity index (χ0) is 14.8. The summed E-state index contributed by atoms with van der Waals surface area (Å²) in [6.07, 6.45) is 1.75. The lowest BCUT2D eigenvalue weighted by Crippen LogP contribution is -1.80. The highest BCUT2D eigenvalue weighted by Gasteiger charge is 2.09. The summed E-state index contributed by atoms with van der Waals surface area (Å²) in [4.78, 5) is 4.45. The van der Waals surface area contributed by atoms with Crippen molar-refractivity contribution in [1.82, 2.24) is 4.98 Å². The maximum Gasteiger partial charge on any atom is 0.135 e. The molecular formula is C16H9ClN2OS. The number of benzene rings is 2. The Bertz CT molecular complexity index is 875. The predicted molar refractivity (Wildman–Crippen MR) is 86.2 cm³/mol. The summed E-state index contributed by atoms with van der Waals surface area (Å²) >= 11 is 7.40. The van der Waals surface area contributed by atoms with Crippen molar-refractivity contribution in [2.45, 2.75) is 0 Å². The van der Waals surface area contributed by atoms with Gasteiger partial charge in [-0.15, -0.1) is 11.3 Å². The van der Waals surface area contributed by atoms with E-state index in [0.717, 1.165) is 15.8 Å². The summed E-state index contributed by atoms with van der Waals surface area (Å²) in [7, 11) is 0. The summed E-state index contributed by atoms with van der Waals surface area (Å²) in [6, 6.07) is 14.3. The molecule has 1 aromatic heterocycles. The van der Waals surface area contributed by atoms with E-state index >= 15 is 0 Å². The van der Waals surface area contributed by atoms with E-state index in [9.17, 15) is 10.4 Å². The Labute approximate surface area is 130 Å². The summed E-state index contributed by atoms with van der Waals surface area (Å²) < 4.78 is 0.987. The number of hydrogen-bond acceptors (Lipinski definition) is 4. The smallest absolute Gasteiger partial charge is 0.135 e. The molecule has 0 fully saturated rings. The summed E-state index contributed by atoms with van der Waals surface area (Å²) in [5, 5.41) is 19.9. The lowest BCUT2D eigenvalue weighted by atomic mass is 10.1. The maximum absolute atomic E-state index is 9.35. The molecule has 0 aliphatic rings. The van der Waals surface area contributed by atoms with Gasteiger partial charge < -0.3 is 5.11 Å². The second-order valence-electron chi connectivity index (χ2n) is 4.39. The summed E-state index contributed by atoms with van der Waals surface area (Å²) in [5.41, 5.74) is 2.11. The van der Waals surface area contributed by atoms with E-state index in [4.69, 9.17) is 11.6 Å². The fourth-order valence-corrected chi connectivity index (χ4v) is 2.97. The summed E-state index contributed by atoms with van der Waals surface area (Å²) in [6.45, 7) is 0. The molecular weight excluding hydrogens is 304 g/mol. The van der Waals surface area contributed by atoms with Crippen molar-refractivity contribution in [3.8, 4) is 11.8 Å². The Morgan fingerprint density at radius 1 is 1.24 bits per heavy atom. The van der Waals surface area contributed by atoms with Gasteiger partial charge in [-0.05, 0) is 42.0 Å². The minimum absolute atomic E-state index is 0.195. The van der Waals surface area contributed by atoms with Gasteiger partial charge in [-0.2, -0.15) is 5.26 Å². The van der Waals surface area contributed by atoms with Crippen molar-refractivity contribution in [3.63, 3.8) is 0 Å². The minimum atomic E-state index is 0.195. The zero-order valence-corrected chi connectivity index (χ0v) is 12.3. The van der Waals surface area contributed by atoms with Crippen LogP contribution in [0.15, 0.2) is 42.5 Å². The highest BCUT2D eigenvalue weighted by molar-refractivity contribution is 7.19. The third-order valence-corrected chi connectivity index (χ3v) is 4.21. The van der Waals surface area contributed by atoms with E-state index in [2.05, 4.69) is 11.1 Å². The molecule has 0 aliphatic heterocycles. The lowest BCUT2D eigenvalue weighted by Gasteiger charge is -1.96. The normalized spacial score (nSPS) is 11.5. The standard InChI is InChI=1S/C16H9ClN2OS/c17-12-3-6-15-14(8-12)19-16(21-15)11(9-18)7-10-1-4-13(20)5-2-10/h1-8,20H. The molecule has 3 aromatic rings.